The third-order valence-corrected chi connectivity index (χ3v) is 6.23. The lowest BCUT2D eigenvalue weighted by atomic mass is 9.85. The Hall–Kier alpha value is -3.07. The Labute approximate surface area is 180 Å². The third-order valence-electron chi connectivity index (χ3n) is 6.23. The maximum absolute atomic E-state index is 12.7. The number of para-hydroxylation sites is 1. The number of amides is 1. The van der Waals surface area contributed by atoms with Gasteiger partial charge in [0, 0.05) is 36.8 Å². The van der Waals surface area contributed by atoms with Crippen LogP contribution in [-0.4, -0.2) is 68.1 Å². The molecule has 31 heavy (non-hydrogen) atoms. The van der Waals surface area contributed by atoms with Crippen LogP contribution in [0.3, 0.4) is 0 Å². The van der Waals surface area contributed by atoms with Crippen LogP contribution in [0, 0.1) is 12.8 Å². The smallest absolute Gasteiger partial charge is 0.225 e. The van der Waals surface area contributed by atoms with Crippen molar-refractivity contribution >= 4 is 22.9 Å². The lowest BCUT2D eigenvalue weighted by Crippen LogP contribution is -2.45. The normalized spacial score (nSPS) is 21.9. The lowest BCUT2D eigenvalue weighted by molar-refractivity contribution is -0.140. The second-order valence-corrected chi connectivity index (χ2v) is 8.32. The largest absolute Gasteiger partial charge is 0.378 e. The number of aromatic nitrogens is 5. The van der Waals surface area contributed by atoms with E-state index >= 15 is 0 Å². The molecule has 1 saturated carbocycles. The molecule has 2 fully saturated rings. The van der Waals surface area contributed by atoms with Gasteiger partial charge in [-0.25, -0.2) is 4.98 Å². The highest BCUT2D eigenvalue weighted by molar-refractivity contribution is 5.79. The number of ether oxygens (including phenoxy) is 1. The highest BCUT2D eigenvalue weighted by Gasteiger charge is 2.30. The molecule has 0 bridgehead atoms. The Bertz CT molecular complexity index is 1070. The molecule has 1 saturated heterocycles. The lowest BCUT2D eigenvalue weighted by Gasteiger charge is -2.34. The van der Waals surface area contributed by atoms with Gasteiger partial charge in [-0.05, 0) is 44.7 Å². The highest BCUT2D eigenvalue weighted by Crippen LogP contribution is 2.28. The van der Waals surface area contributed by atoms with E-state index in [4.69, 9.17) is 9.72 Å². The van der Waals surface area contributed by atoms with Gasteiger partial charge < -0.3 is 15.0 Å². The number of anilines is 1. The minimum atomic E-state index is 0.118. The number of nitrogens with one attached hydrogen (secondary N) is 1. The zero-order valence-corrected chi connectivity index (χ0v) is 17.7. The first-order valence-electron chi connectivity index (χ1n) is 11.0. The molecule has 0 radical (unpaired) electrons. The molecule has 0 spiro atoms. The summed E-state index contributed by atoms with van der Waals surface area (Å²) in [6.45, 7) is 4.70. The molecule has 3 heterocycles. The average molecular weight is 422 g/mol. The van der Waals surface area contributed by atoms with E-state index in [1.807, 2.05) is 42.3 Å². The molecule has 9 heteroatoms. The molecule has 3 aromatic rings. The van der Waals surface area contributed by atoms with Crippen molar-refractivity contribution in [1.82, 2.24) is 29.9 Å². The second-order valence-electron chi connectivity index (χ2n) is 8.32. The van der Waals surface area contributed by atoms with E-state index < -0.39 is 0 Å². The number of rotatable bonds is 4. The number of nitrogens with zero attached hydrogens (tertiary/aromatic N) is 6. The number of fused-ring (bicyclic) bond motifs is 1. The molecule has 1 amide bonds. The number of aryl methyl sites for hydroxylation is 1. The van der Waals surface area contributed by atoms with E-state index in [0.29, 0.717) is 32.3 Å². The molecule has 1 aromatic carbocycles. The fourth-order valence-corrected chi connectivity index (χ4v) is 4.45. The molecule has 0 unspecified atom stereocenters. The number of hydrogen-bond acceptors (Lipinski definition) is 7. The van der Waals surface area contributed by atoms with Crippen molar-refractivity contribution in [3.8, 4) is 5.82 Å². The summed E-state index contributed by atoms with van der Waals surface area (Å²) in [7, 11) is 0. The molecule has 2 aromatic heterocycles. The molecular weight excluding hydrogens is 394 g/mol. The monoisotopic (exact) mass is 421 g/mol. The summed E-state index contributed by atoms with van der Waals surface area (Å²) in [5.74, 6) is 1.71. The number of hydrogen-bond donors (Lipinski definition) is 1. The SMILES string of the molecule is Cc1cnc(N[C@H]2CC[C@H](C(=O)N3CCOCC3)CC2)nc1-n1nnc2ccccc21. The first kappa shape index (κ1) is 19.9. The quantitative estimate of drug-likeness (QED) is 0.690. The van der Waals surface area contributed by atoms with Gasteiger partial charge in [-0.1, -0.05) is 17.3 Å². The summed E-state index contributed by atoms with van der Waals surface area (Å²) in [5.41, 5.74) is 2.68. The predicted molar refractivity (Wildman–Crippen MR) is 116 cm³/mol. The Kier molecular flexibility index (Phi) is 5.50. The summed E-state index contributed by atoms with van der Waals surface area (Å²) in [6.07, 6.45) is 5.45. The fraction of sp³-hybridized carbons (Fsp3) is 0.500. The Balaban J connectivity index is 1.25. The van der Waals surface area contributed by atoms with Gasteiger partial charge in [0.1, 0.15) is 5.52 Å². The highest BCUT2D eigenvalue weighted by atomic mass is 16.5. The molecule has 5 rings (SSSR count). The van der Waals surface area contributed by atoms with Gasteiger partial charge in [0.25, 0.3) is 0 Å². The van der Waals surface area contributed by atoms with Crippen molar-refractivity contribution < 1.29 is 9.53 Å². The molecule has 1 N–H and O–H groups in total. The summed E-state index contributed by atoms with van der Waals surface area (Å²) >= 11 is 0. The maximum atomic E-state index is 12.7. The molecule has 162 valence electrons. The molecule has 1 aliphatic carbocycles. The van der Waals surface area contributed by atoms with Crippen molar-refractivity contribution in [1.29, 1.82) is 0 Å². The van der Waals surface area contributed by atoms with E-state index in [1.54, 1.807) is 4.68 Å². The number of carbonyl (C=O) groups is 1. The van der Waals surface area contributed by atoms with Crippen LogP contribution in [0.2, 0.25) is 0 Å². The minimum Gasteiger partial charge on any atom is -0.378 e. The van der Waals surface area contributed by atoms with Gasteiger partial charge in [-0.15, -0.1) is 5.10 Å². The number of benzene rings is 1. The topological polar surface area (TPSA) is 98.1 Å². The number of carbonyl (C=O) groups excluding carboxylic acids is 1. The maximum Gasteiger partial charge on any atom is 0.225 e. The molecule has 9 nitrogen and oxygen atoms in total. The fourth-order valence-electron chi connectivity index (χ4n) is 4.45. The Morgan fingerprint density at radius 3 is 2.71 bits per heavy atom. The van der Waals surface area contributed by atoms with E-state index in [2.05, 4.69) is 20.6 Å². The van der Waals surface area contributed by atoms with Gasteiger partial charge in [-0.3, -0.25) is 4.79 Å². The summed E-state index contributed by atoms with van der Waals surface area (Å²) < 4.78 is 7.12. The van der Waals surface area contributed by atoms with Crippen LogP contribution < -0.4 is 5.32 Å². The summed E-state index contributed by atoms with van der Waals surface area (Å²) in [5, 5.41) is 12.0. The molecule has 2 aliphatic rings. The third kappa shape index (κ3) is 4.10. The molecule has 1 aliphatic heterocycles. The van der Waals surface area contributed by atoms with Crippen LogP contribution in [0.1, 0.15) is 31.2 Å². The van der Waals surface area contributed by atoms with Gasteiger partial charge in [-0.2, -0.15) is 9.67 Å². The number of morpholine rings is 1. The molecular formula is C22H27N7O2. The minimum absolute atomic E-state index is 0.118. The zero-order valence-electron chi connectivity index (χ0n) is 17.7. The van der Waals surface area contributed by atoms with Crippen molar-refractivity contribution in [2.75, 3.05) is 31.6 Å². The average Bonchev–Trinajstić information content (AvgIpc) is 3.25. The van der Waals surface area contributed by atoms with E-state index in [1.165, 1.54) is 0 Å². The predicted octanol–water partition coefficient (Wildman–Crippen LogP) is 2.35. The van der Waals surface area contributed by atoms with Gasteiger partial charge in [0.15, 0.2) is 5.82 Å². The van der Waals surface area contributed by atoms with Crippen molar-refractivity contribution in [2.24, 2.45) is 5.92 Å². The van der Waals surface area contributed by atoms with Crippen LogP contribution in [0.4, 0.5) is 5.95 Å². The van der Waals surface area contributed by atoms with Crippen molar-refractivity contribution in [3.63, 3.8) is 0 Å². The summed E-state index contributed by atoms with van der Waals surface area (Å²) in [4.78, 5) is 23.9. The van der Waals surface area contributed by atoms with E-state index in [0.717, 1.165) is 48.1 Å². The van der Waals surface area contributed by atoms with Gasteiger partial charge >= 0.3 is 0 Å². The van der Waals surface area contributed by atoms with Crippen LogP contribution in [0.25, 0.3) is 16.9 Å². The van der Waals surface area contributed by atoms with Gasteiger partial charge in [0.2, 0.25) is 11.9 Å². The first-order chi connectivity index (χ1) is 15.2. The standard InChI is InChI=1S/C22H27N7O2/c1-15-14-23-22(25-20(15)29-19-5-3-2-4-18(19)26-27-29)24-17-8-6-16(7-9-17)21(30)28-10-12-31-13-11-28/h2-5,14,16-17H,6-13H2,1H3,(H,23,24,25)/t16-,17-. The van der Waals surface area contributed by atoms with Crippen molar-refractivity contribution in [3.05, 3.63) is 36.0 Å². The summed E-state index contributed by atoms with van der Waals surface area (Å²) in [6, 6.07) is 8.09. The van der Waals surface area contributed by atoms with E-state index in [-0.39, 0.29) is 17.9 Å². The first-order valence-corrected chi connectivity index (χ1v) is 11.0. The van der Waals surface area contributed by atoms with Crippen LogP contribution >= 0.6 is 0 Å². The van der Waals surface area contributed by atoms with Crippen LogP contribution in [-0.2, 0) is 9.53 Å². The van der Waals surface area contributed by atoms with E-state index in [9.17, 15) is 4.79 Å². The van der Waals surface area contributed by atoms with Gasteiger partial charge in [0.05, 0.1) is 18.7 Å². The molecule has 0 atom stereocenters. The van der Waals surface area contributed by atoms with Crippen molar-refractivity contribution in [2.45, 2.75) is 38.6 Å². The van der Waals surface area contributed by atoms with Crippen LogP contribution in [0.5, 0.6) is 0 Å². The Morgan fingerprint density at radius 1 is 1.13 bits per heavy atom. The zero-order chi connectivity index (χ0) is 21.2. The second kappa shape index (κ2) is 8.58. The Morgan fingerprint density at radius 2 is 1.90 bits per heavy atom. The van der Waals surface area contributed by atoms with Crippen LogP contribution in [0.15, 0.2) is 30.5 Å².